The number of aliphatic carboxylic acids is 1. The lowest BCUT2D eigenvalue weighted by Gasteiger charge is -2.17. The fraction of sp³-hybridized carbons (Fsp3) is 0.800. The lowest BCUT2D eigenvalue weighted by atomic mass is 9.91. The van der Waals surface area contributed by atoms with Gasteiger partial charge < -0.3 is 16.6 Å². The first-order valence-electron chi connectivity index (χ1n) is 5.12. The Morgan fingerprint density at radius 2 is 1.87 bits per heavy atom. The summed E-state index contributed by atoms with van der Waals surface area (Å²) in [6, 6.07) is -0.697. The smallest absolute Gasteiger partial charge is 0.314 e. The van der Waals surface area contributed by atoms with Crippen molar-refractivity contribution in [3.63, 3.8) is 0 Å². The van der Waals surface area contributed by atoms with Gasteiger partial charge in [-0.15, -0.1) is 0 Å². The van der Waals surface area contributed by atoms with E-state index in [-0.39, 0.29) is 18.9 Å². The van der Waals surface area contributed by atoms with Crippen LogP contribution in [0.15, 0.2) is 0 Å². The minimum Gasteiger partial charge on any atom is -0.481 e. The van der Waals surface area contributed by atoms with E-state index in [1.54, 1.807) is 0 Å². The first kappa shape index (κ1) is 14.1. The Bertz CT molecular complexity index is 229. The fourth-order valence-corrected chi connectivity index (χ4v) is 1.44. The molecule has 5 heteroatoms. The van der Waals surface area contributed by atoms with Crippen molar-refractivity contribution in [2.45, 2.75) is 32.7 Å². The molecule has 15 heavy (non-hydrogen) atoms. The topological polar surface area (TPSA) is 106 Å². The molecule has 0 rings (SSSR count). The molecule has 0 aliphatic carbocycles. The van der Waals surface area contributed by atoms with Crippen LogP contribution in [0.4, 0.5) is 0 Å². The van der Waals surface area contributed by atoms with Crippen LogP contribution in [-0.4, -0.2) is 29.4 Å². The van der Waals surface area contributed by atoms with Gasteiger partial charge in [-0.3, -0.25) is 9.59 Å². The van der Waals surface area contributed by atoms with Gasteiger partial charge in [-0.2, -0.15) is 0 Å². The number of rotatable bonds is 7. The number of hydrogen-bond acceptors (Lipinski definition) is 4. The third kappa shape index (κ3) is 4.90. The number of carboxylic acids is 1. The average molecular weight is 216 g/mol. The van der Waals surface area contributed by atoms with E-state index in [0.29, 0.717) is 6.42 Å². The summed E-state index contributed by atoms with van der Waals surface area (Å²) in [4.78, 5) is 22.4. The number of carboxylic acid groups (broad SMARTS) is 1. The van der Waals surface area contributed by atoms with Crippen molar-refractivity contribution in [3.8, 4) is 0 Å². The Balaban J connectivity index is 4.42. The zero-order valence-corrected chi connectivity index (χ0v) is 9.27. The van der Waals surface area contributed by atoms with Gasteiger partial charge in [0.15, 0.2) is 5.78 Å². The molecule has 0 aliphatic heterocycles. The molecular weight excluding hydrogens is 196 g/mol. The van der Waals surface area contributed by atoms with Crippen LogP contribution in [0.2, 0.25) is 0 Å². The minimum atomic E-state index is -1.13. The first-order chi connectivity index (χ1) is 6.90. The number of nitrogens with two attached hydrogens (primary N) is 2. The van der Waals surface area contributed by atoms with Crippen molar-refractivity contribution >= 4 is 11.8 Å². The zero-order chi connectivity index (χ0) is 12.0. The highest BCUT2D eigenvalue weighted by Gasteiger charge is 2.29. The summed E-state index contributed by atoms with van der Waals surface area (Å²) in [6.07, 6.45) is 0.660. The maximum atomic E-state index is 11.6. The summed E-state index contributed by atoms with van der Waals surface area (Å²) in [5, 5.41) is 8.83. The molecule has 0 amide bonds. The number of ketones is 1. The number of carbonyl (C=O) groups excluding carboxylic acids is 1. The van der Waals surface area contributed by atoms with Crippen LogP contribution in [0.1, 0.15) is 26.7 Å². The standard InChI is InChI=1S/C10H20N2O3/c1-6(2)5-8(12)9(13)7(3-4-11)10(14)15/h6-8H,3-5,11-12H2,1-2H3,(H,14,15)/t7?,8-/m0/s1. The van der Waals surface area contributed by atoms with Gasteiger partial charge in [-0.25, -0.2) is 0 Å². The highest BCUT2D eigenvalue weighted by molar-refractivity contribution is 6.00. The first-order valence-corrected chi connectivity index (χ1v) is 5.12. The predicted octanol–water partition coefficient (Wildman–Crippen LogP) is -0.0215. The van der Waals surface area contributed by atoms with Gasteiger partial charge in [-0.05, 0) is 25.3 Å². The van der Waals surface area contributed by atoms with Crippen LogP contribution >= 0.6 is 0 Å². The Morgan fingerprint density at radius 1 is 1.33 bits per heavy atom. The van der Waals surface area contributed by atoms with Crippen LogP contribution in [-0.2, 0) is 9.59 Å². The third-order valence-corrected chi connectivity index (χ3v) is 2.19. The zero-order valence-electron chi connectivity index (χ0n) is 9.27. The van der Waals surface area contributed by atoms with Crippen molar-refractivity contribution in [2.24, 2.45) is 23.3 Å². The molecule has 88 valence electrons. The van der Waals surface area contributed by atoms with Gasteiger partial charge in [0, 0.05) is 0 Å². The Kier molecular flexibility index (Phi) is 6.12. The summed E-state index contributed by atoms with van der Waals surface area (Å²) in [6.45, 7) is 4.05. The molecule has 0 saturated heterocycles. The van der Waals surface area contributed by atoms with Gasteiger partial charge in [0.05, 0.1) is 6.04 Å². The normalized spacial score (nSPS) is 15.0. The molecule has 0 aliphatic rings. The van der Waals surface area contributed by atoms with E-state index >= 15 is 0 Å². The fourth-order valence-electron chi connectivity index (χ4n) is 1.44. The van der Waals surface area contributed by atoms with Crippen LogP contribution in [0, 0.1) is 11.8 Å². The van der Waals surface area contributed by atoms with Gasteiger partial charge in [0.25, 0.3) is 0 Å². The molecule has 0 spiro atoms. The molecule has 1 unspecified atom stereocenters. The average Bonchev–Trinajstić information content (AvgIpc) is 2.11. The maximum absolute atomic E-state index is 11.6. The molecule has 0 aromatic heterocycles. The van der Waals surface area contributed by atoms with E-state index in [4.69, 9.17) is 16.6 Å². The maximum Gasteiger partial charge on any atom is 0.314 e. The Labute approximate surface area is 89.8 Å². The van der Waals surface area contributed by atoms with Crippen LogP contribution in [0.5, 0.6) is 0 Å². The van der Waals surface area contributed by atoms with Crippen molar-refractivity contribution < 1.29 is 14.7 Å². The number of hydrogen-bond donors (Lipinski definition) is 3. The molecule has 0 aromatic carbocycles. The summed E-state index contributed by atoms with van der Waals surface area (Å²) >= 11 is 0. The summed E-state index contributed by atoms with van der Waals surface area (Å²) in [5.74, 6) is -2.33. The van der Waals surface area contributed by atoms with E-state index in [0.717, 1.165) is 0 Å². The van der Waals surface area contributed by atoms with E-state index in [2.05, 4.69) is 0 Å². The minimum absolute atomic E-state index is 0.153. The van der Waals surface area contributed by atoms with Gasteiger partial charge >= 0.3 is 5.97 Å². The second kappa shape index (κ2) is 6.53. The lowest BCUT2D eigenvalue weighted by molar-refractivity contribution is -0.147. The Morgan fingerprint density at radius 3 is 2.20 bits per heavy atom. The molecule has 5 nitrogen and oxygen atoms in total. The monoisotopic (exact) mass is 216 g/mol. The second-order valence-corrected chi connectivity index (χ2v) is 4.11. The lowest BCUT2D eigenvalue weighted by Crippen LogP contribution is -2.40. The van der Waals surface area contributed by atoms with Gasteiger partial charge in [0.2, 0.25) is 0 Å². The van der Waals surface area contributed by atoms with Crippen molar-refractivity contribution in [3.05, 3.63) is 0 Å². The van der Waals surface area contributed by atoms with Gasteiger partial charge in [0.1, 0.15) is 5.92 Å². The second-order valence-electron chi connectivity index (χ2n) is 4.11. The summed E-state index contributed by atoms with van der Waals surface area (Å²) < 4.78 is 0. The van der Waals surface area contributed by atoms with Crippen LogP contribution in [0.25, 0.3) is 0 Å². The third-order valence-electron chi connectivity index (χ3n) is 2.19. The molecular formula is C10H20N2O3. The summed E-state index contributed by atoms with van der Waals surface area (Å²) in [7, 11) is 0. The quantitative estimate of drug-likeness (QED) is 0.518. The van der Waals surface area contributed by atoms with Crippen LogP contribution in [0.3, 0.4) is 0 Å². The largest absolute Gasteiger partial charge is 0.481 e. The molecule has 2 atom stereocenters. The number of Topliss-reactive ketones (excluding diaryl/α,β-unsaturated/α-hetero) is 1. The molecule has 0 fully saturated rings. The van der Waals surface area contributed by atoms with E-state index < -0.39 is 23.7 Å². The van der Waals surface area contributed by atoms with E-state index in [1.807, 2.05) is 13.8 Å². The van der Waals surface area contributed by atoms with Crippen molar-refractivity contribution in [1.82, 2.24) is 0 Å². The molecule has 5 N–H and O–H groups in total. The van der Waals surface area contributed by atoms with Crippen LogP contribution < -0.4 is 11.5 Å². The van der Waals surface area contributed by atoms with Gasteiger partial charge in [-0.1, -0.05) is 13.8 Å². The molecule has 0 bridgehead atoms. The SMILES string of the molecule is CC(C)C[C@H](N)C(=O)C(CCN)C(=O)O. The van der Waals surface area contributed by atoms with Crippen molar-refractivity contribution in [1.29, 1.82) is 0 Å². The molecule has 0 radical (unpaired) electrons. The van der Waals surface area contributed by atoms with E-state index in [1.165, 1.54) is 0 Å². The van der Waals surface area contributed by atoms with E-state index in [9.17, 15) is 9.59 Å². The summed E-state index contributed by atoms with van der Waals surface area (Å²) in [5.41, 5.74) is 10.9. The highest BCUT2D eigenvalue weighted by atomic mass is 16.4. The Hall–Kier alpha value is -0.940. The molecule has 0 heterocycles. The molecule has 0 aromatic rings. The number of carbonyl (C=O) groups is 2. The highest BCUT2D eigenvalue weighted by Crippen LogP contribution is 2.11. The molecule has 0 saturated carbocycles. The predicted molar refractivity (Wildman–Crippen MR) is 57.2 cm³/mol. The van der Waals surface area contributed by atoms with Crippen molar-refractivity contribution in [2.75, 3.05) is 6.54 Å².